The van der Waals surface area contributed by atoms with Crippen LogP contribution in [0, 0.1) is 0 Å². The number of hydrogen-bond donors (Lipinski definition) is 2. The van der Waals surface area contributed by atoms with E-state index in [1.807, 2.05) is 48.5 Å². The molecule has 0 aliphatic rings. The number of nitrogens with one attached hydrogen (secondary N) is 2. The minimum atomic E-state index is -0.372. The molecule has 2 amide bonds. The second kappa shape index (κ2) is 10.6. The summed E-state index contributed by atoms with van der Waals surface area (Å²) in [7, 11) is 0. The average molecular weight is 528 g/mol. The largest absolute Gasteiger partial charge is 0.271 e. The predicted octanol–water partition coefficient (Wildman–Crippen LogP) is 4.74. The Morgan fingerprint density at radius 2 is 0.933 bits per heavy atom. The van der Waals surface area contributed by atoms with E-state index < -0.39 is 0 Å². The van der Waals surface area contributed by atoms with Gasteiger partial charge in [0.25, 0.3) is 11.8 Å². The van der Waals surface area contributed by atoms with Crippen molar-refractivity contribution in [3.8, 4) is 0 Å². The fourth-order valence-corrected chi connectivity index (χ4v) is 2.86. The summed E-state index contributed by atoms with van der Waals surface area (Å²) in [6.45, 7) is 0. The first-order chi connectivity index (χ1) is 14.5. The van der Waals surface area contributed by atoms with E-state index in [1.54, 1.807) is 36.7 Å². The number of hydrazone groups is 2. The highest BCUT2D eigenvalue weighted by molar-refractivity contribution is 9.10. The number of carbonyl (C=O) groups excluding carboxylic acids is 2. The lowest BCUT2D eigenvalue weighted by atomic mass is 10.1. The molecule has 3 rings (SSSR count). The summed E-state index contributed by atoms with van der Waals surface area (Å²) >= 11 is 6.72. The monoisotopic (exact) mass is 526 g/mol. The molecule has 2 N–H and O–H groups in total. The van der Waals surface area contributed by atoms with Crippen LogP contribution in [0.25, 0.3) is 0 Å². The maximum absolute atomic E-state index is 12.2. The first-order valence-electron chi connectivity index (χ1n) is 8.79. The lowest BCUT2D eigenvalue weighted by molar-refractivity contribution is 0.0943. The second-order valence-corrected chi connectivity index (χ2v) is 7.91. The first kappa shape index (κ1) is 21.6. The molecule has 0 aromatic heterocycles. The summed E-state index contributed by atoms with van der Waals surface area (Å²) in [5.41, 5.74) is 7.40. The van der Waals surface area contributed by atoms with Gasteiger partial charge in [0, 0.05) is 20.1 Å². The Morgan fingerprint density at radius 1 is 0.600 bits per heavy atom. The maximum Gasteiger partial charge on any atom is 0.271 e. The third kappa shape index (κ3) is 6.47. The van der Waals surface area contributed by atoms with Crippen LogP contribution >= 0.6 is 31.9 Å². The Bertz CT molecular complexity index is 989. The van der Waals surface area contributed by atoms with Gasteiger partial charge < -0.3 is 0 Å². The third-order valence-electron chi connectivity index (χ3n) is 3.91. The van der Waals surface area contributed by atoms with Crippen LogP contribution in [0.4, 0.5) is 0 Å². The Balaban J connectivity index is 1.53. The molecule has 8 heteroatoms. The highest BCUT2D eigenvalue weighted by Crippen LogP contribution is 2.10. The van der Waals surface area contributed by atoms with Crippen LogP contribution in [0.5, 0.6) is 0 Å². The number of rotatable bonds is 6. The van der Waals surface area contributed by atoms with Crippen LogP contribution in [-0.2, 0) is 0 Å². The van der Waals surface area contributed by atoms with Crippen LogP contribution in [0.1, 0.15) is 31.8 Å². The van der Waals surface area contributed by atoms with Gasteiger partial charge in [0.15, 0.2) is 0 Å². The van der Waals surface area contributed by atoms with Gasteiger partial charge in [0.2, 0.25) is 0 Å². The van der Waals surface area contributed by atoms with Crippen LogP contribution in [-0.4, -0.2) is 24.2 Å². The van der Waals surface area contributed by atoms with E-state index >= 15 is 0 Å². The maximum atomic E-state index is 12.2. The van der Waals surface area contributed by atoms with Crippen LogP contribution in [0.3, 0.4) is 0 Å². The van der Waals surface area contributed by atoms with Gasteiger partial charge in [0.05, 0.1) is 12.4 Å². The van der Waals surface area contributed by atoms with Gasteiger partial charge in [-0.15, -0.1) is 0 Å². The van der Waals surface area contributed by atoms with Crippen molar-refractivity contribution in [2.45, 2.75) is 0 Å². The molecular formula is C22H16Br2N4O2. The van der Waals surface area contributed by atoms with Gasteiger partial charge in [-0.25, -0.2) is 10.9 Å². The SMILES string of the molecule is O=C(N/N=C\c1ccc(Br)cc1)c1ccc(C(=O)N/N=C\c2ccc(Br)cc2)cc1. The molecule has 0 saturated heterocycles. The van der Waals surface area contributed by atoms with Gasteiger partial charge in [-0.05, 0) is 59.7 Å². The van der Waals surface area contributed by atoms with Crippen molar-refractivity contribution >= 4 is 56.1 Å². The number of nitrogens with zero attached hydrogens (tertiary/aromatic N) is 2. The normalized spacial score (nSPS) is 11.0. The second-order valence-electron chi connectivity index (χ2n) is 6.08. The standard InChI is InChI=1S/C22H16Br2N4O2/c23-19-9-1-15(2-10-19)13-25-27-21(29)17-5-7-18(8-6-17)22(30)28-26-14-16-3-11-20(24)12-4-16/h1-14H,(H,27,29)(H,28,30)/b25-13-,26-14-. The summed E-state index contributed by atoms with van der Waals surface area (Å²) in [5, 5.41) is 7.88. The molecule has 30 heavy (non-hydrogen) atoms. The Labute approximate surface area is 190 Å². The first-order valence-corrected chi connectivity index (χ1v) is 10.4. The highest BCUT2D eigenvalue weighted by Gasteiger charge is 2.08. The van der Waals surface area contributed by atoms with Gasteiger partial charge in [0.1, 0.15) is 0 Å². The van der Waals surface area contributed by atoms with Crippen molar-refractivity contribution in [1.82, 2.24) is 10.9 Å². The quantitative estimate of drug-likeness (QED) is 0.358. The molecule has 0 saturated carbocycles. The Kier molecular flexibility index (Phi) is 7.64. The molecule has 3 aromatic carbocycles. The predicted molar refractivity (Wildman–Crippen MR) is 125 cm³/mol. The fourth-order valence-electron chi connectivity index (χ4n) is 2.33. The lowest BCUT2D eigenvalue weighted by Crippen LogP contribution is -2.19. The van der Waals surface area contributed by atoms with Crippen LogP contribution in [0.15, 0.2) is 91.9 Å². The fraction of sp³-hybridized carbons (Fsp3) is 0. The van der Waals surface area contributed by atoms with Crippen molar-refractivity contribution < 1.29 is 9.59 Å². The summed E-state index contributed by atoms with van der Waals surface area (Å²) in [6.07, 6.45) is 3.10. The van der Waals surface area contributed by atoms with Crippen LogP contribution < -0.4 is 10.9 Å². The van der Waals surface area contributed by atoms with Crippen molar-refractivity contribution in [2.75, 3.05) is 0 Å². The zero-order valence-corrected chi connectivity index (χ0v) is 18.7. The summed E-state index contributed by atoms with van der Waals surface area (Å²) in [6, 6.07) is 21.2. The highest BCUT2D eigenvalue weighted by atomic mass is 79.9. The lowest BCUT2D eigenvalue weighted by Gasteiger charge is -2.03. The zero-order valence-electron chi connectivity index (χ0n) is 15.5. The molecule has 0 spiro atoms. The van der Waals surface area contributed by atoms with Crippen LogP contribution in [0.2, 0.25) is 0 Å². The Morgan fingerprint density at radius 3 is 1.27 bits per heavy atom. The number of carbonyl (C=O) groups is 2. The molecule has 3 aromatic rings. The summed E-state index contributed by atoms with van der Waals surface area (Å²) in [4.78, 5) is 24.3. The molecule has 0 fully saturated rings. The Hall–Kier alpha value is -3.10. The van der Waals surface area contributed by atoms with E-state index in [0.717, 1.165) is 20.1 Å². The van der Waals surface area contributed by atoms with Gasteiger partial charge >= 0.3 is 0 Å². The molecule has 0 aliphatic heterocycles. The number of amides is 2. The molecule has 0 aliphatic carbocycles. The van der Waals surface area contributed by atoms with E-state index in [0.29, 0.717) is 11.1 Å². The van der Waals surface area contributed by atoms with Crippen molar-refractivity contribution in [3.05, 3.63) is 104 Å². The minimum absolute atomic E-state index is 0.372. The van der Waals surface area contributed by atoms with E-state index in [9.17, 15) is 9.59 Å². The number of hydrogen-bond acceptors (Lipinski definition) is 4. The van der Waals surface area contributed by atoms with E-state index in [-0.39, 0.29) is 11.8 Å². The van der Waals surface area contributed by atoms with Crippen molar-refractivity contribution in [1.29, 1.82) is 0 Å². The summed E-state index contributed by atoms with van der Waals surface area (Å²) in [5.74, 6) is -0.743. The van der Waals surface area contributed by atoms with Gasteiger partial charge in [-0.1, -0.05) is 56.1 Å². The molecule has 0 unspecified atom stereocenters. The molecular weight excluding hydrogens is 512 g/mol. The van der Waals surface area contributed by atoms with E-state index in [4.69, 9.17) is 0 Å². The minimum Gasteiger partial charge on any atom is -0.267 e. The zero-order chi connectivity index (χ0) is 21.3. The number of halogens is 2. The summed E-state index contributed by atoms with van der Waals surface area (Å²) < 4.78 is 1.93. The smallest absolute Gasteiger partial charge is 0.267 e. The topological polar surface area (TPSA) is 82.9 Å². The van der Waals surface area contributed by atoms with Crippen molar-refractivity contribution in [3.63, 3.8) is 0 Å². The molecule has 0 heterocycles. The van der Waals surface area contributed by atoms with E-state index in [1.165, 1.54) is 0 Å². The van der Waals surface area contributed by atoms with E-state index in [2.05, 4.69) is 52.9 Å². The van der Waals surface area contributed by atoms with Crippen molar-refractivity contribution in [2.24, 2.45) is 10.2 Å². The molecule has 6 nitrogen and oxygen atoms in total. The average Bonchev–Trinajstić information content (AvgIpc) is 2.76. The number of benzene rings is 3. The molecule has 0 atom stereocenters. The van der Waals surface area contributed by atoms with Gasteiger partial charge in [-0.3, -0.25) is 9.59 Å². The molecule has 0 radical (unpaired) electrons. The van der Waals surface area contributed by atoms with Gasteiger partial charge in [-0.2, -0.15) is 10.2 Å². The molecule has 0 bridgehead atoms. The molecule has 150 valence electrons. The third-order valence-corrected chi connectivity index (χ3v) is 4.97.